The molecule has 4 atom stereocenters. The Labute approximate surface area is 282 Å². The average molecular weight is 633 g/mol. The van der Waals surface area contributed by atoms with Crippen LogP contribution in [0.2, 0.25) is 0 Å². The lowest BCUT2D eigenvalue weighted by atomic mass is 9.34. The molecule has 5 N–H and O–H groups in total. The van der Waals surface area contributed by atoms with Crippen LogP contribution >= 0.6 is 0 Å². The molecule has 0 aliphatic carbocycles. The number of rotatable bonds is 6. The van der Waals surface area contributed by atoms with Crippen LogP contribution in [-0.4, -0.2) is 160 Å². The minimum absolute atomic E-state index is 0.0715. The minimum atomic E-state index is -2.37. The average Bonchev–Trinajstić information content (AvgIpc) is 3.30. The van der Waals surface area contributed by atoms with Crippen molar-refractivity contribution in [3.8, 4) is 0 Å². The maximum Gasteiger partial charge on any atom is 0.254 e. The van der Waals surface area contributed by atoms with Gasteiger partial charge in [-0.2, -0.15) is 0 Å². The normalized spacial score (nSPS) is 32.9. The molecule has 3 heterocycles. The molecule has 2 aromatic carbocycles. The number of nitrogens with zero attached hydrogens (tertiary/aromatic N) is 2. The Morgan fingerprint density at radius 1 is 0.851 bits per heavy atom. The van der Waals surface area contributed by atoms with Gasteiger partial charge in [0.1, 0.15) is 85.2 Å². The molecule has 0 spiro atoms. The third-order valence-corrected chi connectivity index (χ3v) is 11.9. The van der Waals surface area contributed by atoms with E-state index in [1.165, 1.54) is 7.85 Å². The number of nitrogens with one attached hydrogen (secondary N) is 2. The maximum absolute atomic E-state index is 16.2. The molecule has 0 aromatic heterocycles. The molecule has 3 aliphatic rings. The highest BCUT2D eigenvalue weighted by Crippen LogP contribution is 2.43. The number of carbonyl (C=O) groups excluding carboxylic acids is 3. The molecule has 11 nitrogen and oxygen atoms in total. The second kappa shape index (κ2) is 10.9. The SMILES string of the molecule is BC1(B)OC(B)(O)C(B)(B)N(Cc2cccc(CNc3cccc4c3CN(C3(B)C(=O)NC(=O)C(B)(O)C3(B)O)C4=O)c2F)C1(B)B. The number of hydrogen-bond acceptors (Lipinski definition) is 9. The Kier molecular flexibility index (Phi) is 8.22. The van der Waals surface area contributed by atoms with Gasteiger partial charge in [0.2, 0.25) is 5.91 Å². The van der Waals surface area contributed by atoms with Gasteiger partial charge in [-0.3, -0.25) is 19.7 Å². The standard InChI is InChI=1S/C25H37B10FN4O7/c26-19(17(42)38-18(43)20(27,44)21(19,28)45)39-9-13-12(16(39)41)5-2-6-14(13)37-7-10-3-1-4-11(15(10)36)8-40-22(29,30)24(33,34)47-25(35,46)23(40,31)32/h1-6,37,44-46H,7-9,26-35H2,(H,38,42,43). The van der Waals surface area contributed by atoms with E-state index < -0.39 is 61.7 Å². The van der Waals surface area contributed by atoms with Crippen LogP contribution in [-0.2, 0) is 34.0 Å². The van der Waals surface area contributed by atoms with Crippen LogP contribution in [0, 0.1) is 5.82 Å². The molecule has 47 heavy (non-hydrogen) atoms. The number of carbonyl (C=O) groups is 3. The number of hydrogen-bond donors (Lipinski definition) is 5. The molecule has 0 radical (unpaired) electrons. The predicted octanol–water partition coefficient (Wildman–Crippen LogP) is -11.1. The quantitative estimate of drug-likeness (QED) is 0.155. The zero-order valence-electron chi connectivity index (χ0n) is 28.8. The number of amides is 3. The van der Waals surface area contributed by atoms with Gasteiger partial charge in [0.25, 0.3) is 11.8 Å². The van der Waals surface area contributed by atoms with Gasteiger partial charge in [0, 0.05) is 58.3 Å². The number of benzene rings is 2. The molecular weight excluding hydrogens is 595 g/mol. The third-order valence-electron chi connectivity index (χ3n) is 11.9. The van der Waals surface area contributed by atoms with E-state index in [1.807, 2.05) is 47.1 Å². The van der Waals surface area contributed by atoms with Crippen molar-refractivity contribution in [2.75, 3.05) is 5.32 Å². The number of halogens is 1. The smallest absolute Gasteiger partial charge is 0.254 e. The molecule has 22 heteroatoms. The molecule has 5 rings (SSSR count). The Bertz CT molecular complexity index is 1670. The molecule has 0 saturated carbocycles. The van der Waals surface area contributed by atoms with Crippen molar-refractivity contribution in [3.63, 3.8) is 0 Å². The Morgan fingerprint density at radius 2 is 1.45 bits per heavy atom. The summed E-state index contributed by atoms with van der Waals surface area (Å²) in [7, 11) is 16.8. The van der Waals surface area contributed by atoms with Gasteiger partial charge in [0.15, 0.2) is 15.7 Å². The fourth-order valence-electron chi connectivity index (χ4n) is 7.18. The van der Waals surface area contributed by atoms with Crippen LogP contribution in [0.25, 0.3) is 0 Å². The van der Waals surface area contributed by atoms with E-state index in [0.717, 1.165) is 20.6 Å². The van der Waals surface area contributed by atoms with Crippen LogP contribution in [0.15, 0.2) is 36.4 Å². The van der Waals surface area contributed by atoms with Crippen molar-refractivity contribution >= 4 is 102 Å². The van der Waals surface area contributed by atoms with E-state index in [1.54, 1.807) is 44.2 Å². The number of aliphatic hydroxyl groups is 3. The summed E-state index contributed by atoms with van der Waals surface area (Å²) < 4.78 is 22.3. The van der Waals surface area contributed by atoms with E-state index in [4.69, 9.17) is 4.74 Å². The predicted molar refractivity (Wildman–Crippen MR) is 201 cm³/mol. The molecule has 2 fully saturated rings. The molecule has 3 amide bonds. The topological polar surface area (TPSA) is 152 Å². The minimum Gasteiger partial charge on any atom is -0.394 e. The molecule has 2 saturated heterocycles. The van der Waals surface area contributed by atoms with Crippen molar-refractivity contribution < 1.29 is 38.8 Å². The Hall–Kier alpha value is -2.77. The first-order valence-electron chi connectivity index (χ1n) is 15.8. The van der Waals surface area contributed by atoms with E-state index in [-0.39, 0.29) is 25.2 Å². The number of fused-ring (bicyclic) bond motifs is 1. The van der Waals surface area contributed by atoms with Crippen molar-refractivity contribution in [1.29, 1.82) is 0 Å². The first kappa shape index (κ1) is 35.5. The second-order valence-electron chi connectivity index (χ2n) is 15.3. The van der Waals surface area contributed by atoms with E-state index in [0.29, 0.717) is 22.4 Å². The second-order valence-corrected chi connectivity index (χ2v) is 15.3. The number of morpholine rings is 1. The van der Waals surface area contributed by atoms with Gasteiger partial charge in [-0.25, -0.2) is 4.39 Å². The lowest BCUT2D eigenvalue weighted by Crippen LogP contribution is -2.86. The summed E-state index contributed by atoms with van der Waals surface area (Å²) in [5.74, 6) is -2.94. The van der Waals surface area contributed by atoms with Crippen LogP contribution in [0.5, 0.6) is 0 Å². The summed E-state index contributed by atoms with van der Waals surface area (Å²) in [5.41, 5.74) is -6.06. The van der Waals surface area contributed by atoms with Crippen molar-refractivity contribution in [2.45, 2.75) is 57.8 Å². The number of ether oxygens (including phenoxy) is 1. The summed E-state index contributed by atoms with van der Waals surface area (Å²) >= 11 is 0. The lowest BCUT2D eigenvalue weighted by Gasteiger charge is -2.67. The Morgan fingerprint density at radius 3 is 2.09 bits per heavy atom. The number of anilines is 1. The van der Waals surface area contributed by atoms with Gasteiger partial charge in [-0.1, -0.05) is 24.3 Å². The van der Waals surface area contributed by atoms with Gasteiger partial charge in [-0.05, 0) is 17.5 Å². The van der Waals surface area contributed by atoms with Crippen molar-refractivity contribution in [3.05, 3.63) is 64.5 Å². The summed E-state index contributed by atoms with van der Waals surface area (Å²) in [6.07, 6.45) is 0. The van der Waals surface area contributed by atoms with Crippen LogP contribution in [0.3, 0.4) is 0 Å². The van der Waals surface area contributed by atoms with Gasteiger partial charge in [-0.15, -0.1) is 0 Å². The Balaban J connectivity index is 1.42. The summed E-state index contributed by atoms with van der Waals surface area (Å²) in [6.45, 7) is 0.170. The molecular formula is C25H37B10FN4O7. The van der Waals surface area contributed by atoms with E-state index >= 15 is 4.39 Å². The number of imide groups is 1. The van der Waals surface area contributed by atoms with Crippen molar-refractivity contribution in [1.82, 2.24) is 15.1 Å². The third kappa shape index (κ3) is 4.92. The van der Waals surface area contributed by atoms with Gasteiger partial charge < -0.3 is 35.2 Å². The molecule has 236 valence electrons. The van der Waals surface area contributed by atoms with Crippen LogP contribution in [0.1, 0.15) is 27.0 Å². The summed E-state index contributed by atoms with van der Waals surface area (Å²) in [6, 6.07) is 10.2. The molecule has 2 aromatic rings. The summed E-state index contributed by atoms with van der Waals surface area (Å²) in [4.78, 5) is 42.5. The van der Waals surface area contributed by atoms with E-state index in [9.17, 15) is 29.7 Å². The maximum atomic E-state index is 16.2. The summed E-state index contributed by atoms with van der Waals surface area (Å²) in [5, 5.41) is 36.7. The van der Waals surface area contributed by atoms with Gasteiger partial charge >= 0.3 is 0 Å². The monoisotopic (exact) mass is 634 g/mol. The molecule has 4 unspecified atom stereocenters. The lowest BCUT2D eigenvalue weighted by molar-refractivity contribution is -0.248. The first-order valence-corrected chi connectivity index (χ1v) is 15.8. The highest BCUT2D eigenvalue weighted by Gasteiger charge is 2.68. The van der Waals surface area contributed by atoms with Gasteiger partial charge in [0.05, 0.1) is 5.50 Å². The highest BCUT2D eigenvalue weighted by atomic mass is 19.1. The highest BCUT2D eigenvalue weighted by molar-refractivity contribution is 6.56. The zero-order chi connectivity index (χ0) is 35.3. The largest absolute Gasteiger partial charge is 0.394 e. The van der Waals surface area contributed by atoms with Crippen LogP contribution in [0.4, 0.5) is 10.1 Å². The zero-order valence-corrected chi connectivity index (χ0v) is 28.8. The molecule has 0 bridgehead atoms. The fourth-order valence-corrected chi connectivity index (χ4v) is 7.18. The van der Waals surface area contributed by atoms with Crippen LogP contribution < -0.4 is 10.6 Å². The first-order chi connectivity index (χ1) is 21.4. The number of piperidine rings is 1. The van der Waals surface area contributed by atoms with Crippen molar-refractivity contribution in [2.24, 2.45) is 0 Å². The molecule has 3 aliphatic heterocycles. The van der Waals surface area contributed by atoms with E-state index in [2.05, 4.69) is 15.5 Å². The fraction of sp³-hybridized carbons (Fsp3) is 0.400.